The van der Waals surface area contributed by atoms with Crippen LogP contribution in [0.5, 0.6) is 17.4 Å². The van der Waals surface area contributed by atoms with E-state index in [9.17, 15) is 10.1 Å². The summed E-state index contributed by atoms with van der Waals surface area (Å²) in [5, 5.41) is 10.6. The highest BCUT2D eigenvalue weighted by Gasteiger charge is 2.13. The SMILES string of the molecule is COc1cccc(Oc2ccc([N+](=O)[O-])c(N)n2)c1. The van der Waals surface area contributed by atoms with Gasteiger partial charge in [-0.15, -0.1) is 0 Å². The molecule has 1 heterocycles. The van der Waals surface area contributed by atoms with E-state index in [1.807, 2.05) is 0 Å². The van der Waals surface area contributed by atoms with Crippen molar-refractivity contribution >= 4 is 11.5 Å². The molecule has 0 bridgehead atoms. The predicted molar refractivity (Wildman–Crippen MR) is 68.4 cm³/mol. The molecule has 1 aromatic heterocycles. The monoisotopic (exact) mass is 261 g/mol. The number of benzene rings is 1. The second-order valence-electron chi connectivity index (χ2n) is 3.59. The van der Waals surface area contributed by atoms with Crippen LogP contribution >= 0.6 is 0 Å². The molecule has 7 heteroatoms. The lowest BCUT2D eigenvalue weighted by atomic mass is 10.3. The number of rotatable bonds is 4. The number of nitrogen functional groups attached to an aromatic ring is 1. The van der Waals surface area contributed by atoms with E-state index < -0.39 is 4.92 Å². The second kappa shape index (κ2) is 5.21. The molecule has 0 spiro atoms. The Morgan fingerprint density at radius 2 is 2.00 bits per heavy atom. The summed E-state index contributed by atoms with van der Waals surface area (Å²) in [6.45, 7) is 0. The van der Waals surface area contributed by atoms with Crippen molar-refractivity contribution in [3.63, 3.8) is 0 Å². The summed E-state index contributed by atoms with van der Waals surface area (Å²) in [7, 11) is 1.54. The van der Waals surface area contributed by atoms with Crippen molar-refractivity contribution < 1.29 is 14.4 Å². The minimum Gasteiger partial charge on any atom is -0.497 e. The Bertz CT molecular complexity index is 616. The molecule has 0 unspecified atom stereocenters. The van der Waals surface area contributed by atoms with Gasteiger partial charge in [0.1, 0.15) is 11.5 Å². The number of nitrogens with zero attached hydrogens (tertiary/aromatic N) is 2. The van der Waals surface area contributed by atoms with E-state index in [1.165, 1.54) is 12.1 Å². The molecule has 2 rings (SSSR count). The number of nitrogens with two attached hydrogens (primary N) is 1. The van der Waals surface area contributed by atoms with Crippen molar-refractivity contribution in [2.75, 3.05) is 12.8 Å². The zero-order valence-electron chi connectivity index (χ0n) is 10.1. The van der Waals surface area contributed by atoms with Gasteiger partial charge < -0.3 is 15.2 Å². The van der Waals surface area contributed by atoms with Gasteiger partial charge in [-0.3, -0.25) is 10.1 Å². The Kier molecular flexibility index (Phi) is 3.46. The fourth-order valence-electron chi connectivity index (χ4n) is 1.45. The zero-order valence-corrected chi connectivity index (χ0v) is 10.1. The predicted octanol–water partition coefficient (Wildman–Crippen LogP) is 2.37. The smallest absolute Gasteiger partial charge is 0.311 e. The molecular formula is C12H11N3O4. The van der Waals surface area contributed by atoms with Gasteiger partial charge in [0.25, 0.3) is 0 Å². The molecule has 0 aliphatic heterocycles. The number of pyridine rings is 1. The number of aromatic nitrogens is 1. The first kappa shape index (κ1) is 12.6. The van der Waals surface area contributed by atoms with Gasteiger partial charge >= 0.3 is 5.69 Å². The molecule has 0 radical (unpaired) electrons. The molecule has 2 aromatic rings. The fourth-order valence-corrected chi connectivity index (χ4v) is 1.45. The standard InChI is InChI=1S/C12H11N3O4/c1-18-8-3-2-4-9(7-8)19-11-6-5-10(15(16)17)12(13)14-11/h2-7H,1H3,(H2,13,14). The van der Waals surface area contributed by atoms with Crippen LogP contribution in [0, 0.1) is 10.1 Å². The van der Waals surface area contributed by atoms with Gasteiger partial charge in [0.2, 0.25) is 11.7 Å². The third kappa shape index (κ3) is 2.89. The molecule has 0 saturated carbocycles. The van der Waals surface area contributed by atoms with Crippen molar-refractivity contribution in [3.8, 4) is 17.4 Å². The minimum absolute atomic E-state index is 0.177. The molecule has 0 aliphatic rings. The van der Waals surface area contributed by atoms with E-state index >= 15 is 0 Å². The molecule has 98 valence electrons. The molecule has 0 amide bonds. The fraction of sp³-hybridized carbons (Fsp3) is 0.0833. The van der Waals surface area contributed by atoms with E-state index in [0.717, 1.165) is 0 Å². The van der Waals surface area contributed by atoms with Crippen LogP contribution < -0.4 is 15.2 Å². The van der Waals surface area contributed by atoms with Gasteiger partial charge in [-0.1, -0.05) is 6.07 Å². The largest absolute Gasteiger partial charge is 0.497 e. The van der Waals surface area contributed by atoms with Gasteiger partial charge in [0.05, 0.1) is 12.0 Å². The average molecular weight is 261 g/mol. The van der Waals surface area contributed by atoms with Gasteiger partial charge in [-0.2, -0.15) is 4.98 Å². The minimum atomic E-state index is -0.600. The van der Waals surface area contributed by atoms with Gasteiger partial charge in [-0.25, -0.2) is 0 Å². The Morgan fingerprint density at radius 3 is 2.63 bits per heavy atom. The number of anilines is 1. The highest BCUT2D eigenvalue weighted by molar-refractivity contribution is 5.53. The first-order valence-electron chi connectivity index (χ1n) is 5.33. The number of methoxy groups -OCH3 is 1. The molecule has 0 aliphatic carbocycles. The summed E-state index contributed by atoms with van der Waals surface area (Å²) in [5.41, 5.74) is 5.22. The lowest BCUT2D eigenvalue weighted by Crippen LogP contribution is -1.99. The van der Waals surface area contributed by atoms with Crippen LogP contribution in [-0.4, -0.2) is 17.0 Å². The van der Waals surface area contributed by atoms with Crippen LogP contribution in [0.4, 0.5) is 11.5 Å². The highest BCUT2D eigenvalue weighted by atomic mass is 16.6. The van der Waals surface area contributed by atoms with E-state index in [0.29, 0.717) is 11.5 Å². The van der Waals surface area contributed by atoms with Gasteiger partial charge in [0, 0.05) is 18.2 Å². The first-order chi connectivity index (χ1) is 9.10. The van der Waals surface area contributed by atoms with E-state index in [1.54, 1.807) is 31.4 Å². The van der Waals surface area contributed by atoms with Crippen molar-refractivity contribution in [1.82, 2.24) is 4.98 Å². The zero-order chi connectivity index (χ0) is 13.8. The normalized spacial score (nSPS) is 9.95. The van der Waals surface area contributed by atoms with Crippen molar-refractivity contribution in [3.05, 3.63) is 46.5 Å². The third-order valence-electron chi connectivity index (χ3n) is 2.34. The van der Waals surface area contributed by atoms with Gasteiger partial charge in [0.15, 0.2) is 0 Å². The number of nitro groups is 1. The number of hydrogen-bond donors (Lipinski definition) is 1. The molecule has 19 heavy (non-hydrogen) atoms. The molecular weight excluding hydrogens is 250 g/mol. The van der Waals surface area contributed by atoms with Crippen molar-refractivity contribution in [2.45, 2.75) is 0 Å². The molecule has 1 aromatic carbocycles. The van der Waals surface area contributed by atoms with E-state index in [4.69, 9.17) is 15.2 Å². The number of ether oxygens (including phenoxy) is 2. The first-order valence-corrected chi connectivity index (χ1v) is 5.33. The average Bonchev–Trinajstić information content (AvgIpc) is 2.38. The Morgan fingerprint density at radius 1 is 1.26 bits per heavy atom. The summed E-state index contributed by atoms with van der Waals surface area (Å²) < 4.78 is 10.5. The van der Waals surface area contributed by atoms with Crippen molar-refractivity contribution in [2.24, 2.45) is 0 Å². The third-order valence-corrected chi connectivity index (χ3v) is 2.34. The maximum absolute atomic E-state index is 10.6. The van der Waals surface area contributed by atoms with Gasteiger partial charge in [-0.05, 0) is 12.1 Å². The second-order valence-corrected chi connectivity index (χ2v) is 3.59. The molecule has 0 fully saturated rings. The van der Waals surface area contributed by atoms with Crippen LogP contribution in [-0.2, 0) is 0 Å². The summed E-state index contributed by atoms with van der Waals surface area (Å²) in [4.78, 5) is 13.8. The maximum Gasteiger partial charge on any atom is 0.311 e. The maximum atomic E-state index is 10.6. The van der Waals surface area contributed by atoms with Crippen LogP contribution in [0.2, 0.25) is 0 Å². The Hall–Kier alpha value is -2.83. The lowest BCUT2D eigenvalue weighted by Gasteiger charge is -2.06. The highest BCUT2D eigenvalue weighted by Crippen LogP contribution is 2.27. The Labute approximate surface area is 108 Å². The van der Waals surface area contributed by atoms with E-state index in [2.05, 4.69) is 4.98 Å². The number of hydrogen-bond acceptors (Lipinski definition) is 6. The van der Waals surface area contributed by atoms with Crippen LogP contribution in [0.15, 0.2) is 36.4 Å². The van der Waals surface area contributed by atoms with Crippen LogP contribution in [0.3, 0.4) is 0 Å². The van der Waals surface area contributed by atoms with Crippen LogP contribution in [0.25, 0.3) is 0 Å². The summed E-state index contributed by atoms with van der Waals surface area (Å²) >= 11 is 0. The van der Waals surface area contributed by atoms with Crippen molar-refractivity contribution in [1.29, 1.82) is 0 Å². The van der Waals surface area contributed by atoms with E-state index in [-0.39, 0.29) is 17.4 Å². The van der Waals surface area contributed by atoms with Crippen LogP contribution in [0.1, 0.15) is 0 Å². The molecule has 0 saturated heterocycles. The summed E-state index contributed by atoms with van der Waals surface area (Å²) in [6.07, 6.45) is 0. The topological polar surface area (TPSA) is 101 Å². The molecule has 0 atom stereocenters. The Balaban J connectivity index is 2.23. The molecule has 7 nitrogen and oxygen atoms in total. The lowest BCUT2D eigenvalue weighted by molar-refractivity contribution is -0.384. The summed E-state index contributed by atoms with van der Waals surface area (Å²) in [6, 6.07) is 9.53. The quantitative estimate of drug-likeness (QED) is 0.669. The molecule has 2 N–H and O–H groups in total. The summed E-state index contributed by atoms with van der Waals surface area (Å²) in [5.74, 6) is 1.12.